The summed E-state index contributed by atoms with van der Waals surface area (Å²) in [5, 5.41) is 6.68. The molecule has 0 bridgehead atoms. The summed E-state index contributed by atoms with van der Waals surface area (Å²) in [6.07, 6.45) is 4.82. The molecule has 0 aliphatic heterocycles. The van der Waals surface area contributed by atoms with Crippen LogP contribution in [0.3, 0.4) is 0 Å². The van der Waals surface area contributed by atoms with E-state index in [0.29, 0.717) is 6.54 Å². The van der Waals surface area contributed by atoms with Crippen molar-refractivity contribution in [2.45, 2.75) is 31.7 Å². The average molecular weight is 470 g/mol. The van der Waals surface area contributed by atoms with E-state index in [2.05, 4.69) is 53.9 Å². The minimum atomic E-state index is 0. The van der Waals surface area contributed by atoms with Crippen LogP contribution in [0.4, 0.5) is 0 Å². The molecule has 6 heteroatoms. The van der Waals surface area contributed by atoms with Gasteiger partial charge in [0.2, 0.25) is 0 Å². The number of benzene rings is 1. The van der Waals surface area contributed by atoms with Gasteiger partial charge in [-0.1, -0.05) is 18.2 Å². The molecule has 0 atom stereocenters. The fraction of sp³-hybridized carbons (Fsp3) is 0.368. The molecule has 1 heterocycles. The van der Waals surface area contributed by atoms with Crippen molar-refractivity contribution >= 4 is 41.7 Å². The molecule has 2 rings (SSSR count). The summed E-state index contributed by atoms with van der Waals surface area (Å²) in [6.45, 7) is 6.53. The lowest BCUT2D eigenvalue weighted by Crippen LogP contribution is -2.38. The van der Waals surface area contributed by atoms with Crippen LogP contribution in [-0.4, -0.2) is 30.3 Å². The molecule has 4 nitrogen and oxygen atoms in total. The lowest BCUT2D eigenvalue weighted by atomic mass is 10.1. The van der Waals surface area contributed by atoms with Crippen molar-refractivity contribution in [3.8, 4) is 0 Å². The monoisotopic (exact) mass is 470 g/mol. The Hall–Kier alpha value is -1.28. The largest absolute Gasteiger partial charge is 0.357 e. The van der Waals surface area contributed by atoms with Crippen molar-refractivity contribution in [3.05, 3.63) is 59.4 Å². The fourth-order valence-electron chi connectivity index (χ4n) is 2.34. The summed E-state index contributed by atoms with van der Waals surface area (Å²) in [5.41, 5.74) is 3.63. The molecule has 25 heavy (non-hydrogen) atoms. The molecule has 1 aromatic heterocycles. The zero-order valence-electron chi connectivity index (χ0n) is 15.1. The van der Waals surface area contributed by atoms with Crippen molar-refractivity contribution in [2.75, 3.05) is 19.3 Å². The minimum absolute atomic E-state index is 0. The topological polar surface area (TPSA) is 49.3 Å². The van der Waals surface area contributed by atoms with Crippen molar-refractivity contribution < 1.29 is 0 Å². The van der Waals surface area contributed by atoms with Crippen molar-refractivity contribution in [2.24, 2.45) is 4.99 Å². The van der Waals surface area contributed by atoms with Gasteiger partial charge in [0.05, 0.1) is 6.54 Å². The normalized spacial score (nSPS) is 10.9. The third kappa shape index (κ3) is 7.64. The molecule has 0 saturated carbocycles. The smallest absolute Gasteiger partial charge is 0.191 e. The average Bonchev–Trinajstić information content (AvgIpc) is 2.61. The molecular formula is C19H27IN4S. The highest BCUT2D eigenvalue weighted by atomic mass is 127. The Kier molecular flexibility index (Phi) is 10.6. The number of nitrogens with one attached hydrogen (secondary N) is 2. The number of aliphatic imine (C=N–C) groups is 1. The Morgan fingerprint density at radius 3 is 2.72 bits per heavy atom. The van der Waals surface area contributed by atoms with Crippen LogP contribution in [0.25, 0.3) is 0 Å². The van der Waals surface area contributed by atoms with E-state index >= 15 is 0 Å². The Balaban J connectivity index is 0.00000312. The fourth-order valence-corrected chi connectivity index (χ4v) is 3.04. The van der Waals surface area contributed by atoms with Gasteiger partial charge in [0.25, 0.3) is 0 Å². The molecule has 1 aromatic carbocycles. The molecule has 0 amide bonds. The van der Waals surface area contributed by atoms with Gasteiger partial charge >= 0.3 is 0 Å². The number of guanidine groups is 1. The summed E-state index contributed by atoms with van der Waals surface area (Å²) >= 11 is 1.77. The Labute approximate surface area is 172 Å². The van der Waals surface area contributed by atoms with Gasteiger partial charge in [0.1, 0.15) is 0 Å². The Bertz CT molecular complexity index is 662. The van der Waals surface area contributed by atoms with Gasteiger partial charge in [-0.05, 0) is 49.4 Å². The second-order valence-corrected chi connectivity index (χ2v) is 6.36. The molecule has 2 aromatic rings. The predicted molar refractivity (Wildman–Crippen MR) is 119 cm³/mol. The van der Waals surface area contributed by atoms with E-state index in [1.165, 1.54) is 16.0 Å². The number of hydrogen-bond donors (Lipinski definition) is 2. The molecule has 0 radical (unpaired) electrons. The highest BCUT2D eigenvalue weighted by Gasteiger charge is 2.03. The highest BCUT2D eigenvalue weighted by Crippen LogP contribution is 2.22. The number of aromatic nitrogens is 1. The van der Waals surface area contributed by atoms with E-state index in [1.54, 1.807) is 11.8 Å². The van der Waals surface area contributed by atoms with Crippen LogP contribution >= 0.6 is 35.7 Å². The lowest BCUT2D eigenvalue weighted by molar-refractivity contribution is 0.787. The lowest BCUT2D eigenvalue weighted by Gasteiger charge is -2.12. The number of aryl methyl sites for hydroxylation is 1. The molecular weight excluding hydrogens is 443 g/mol. The van der Waals surface area contributed by atoms with Crippen LogP contribution in [-0.2, 0) is 13.0 Å². The van der Waals surface area contributed by atoms with Crippen LogP contribution in [0.1, 0.15) is 23.7 Å². The molecule has 0 fully saturated rings. The molecule has 0 aliphatic carbocycles. The minimum Gasteiger partial charge on any atom is -0.357 e. The maximum absolute atomic E-state index is 4.71. The SMILES string of the molecule is CCNC(=NCc1ccc(C)cc1SC)NCCc1ccccn1.I. The van der Waals surface area contributed by atoms with Crippen LogP contribution < -0.4 is 10.6 Å². The van der Waals surface area contributed by atoms with E-state index in [0.717, 1.165) is 31.2 Å². The predicted octanol–water partition coefficient (Wildman–Crippen LogP) is 4.03. The van der Waals surface area contributed by atoms with Gasteiger partial charge in [-0.25, -0.2) is 4.99 Å². The van der Waals surface area contributed by atoms with Gasteiger partial charge in [0, 0.05) is 36.3 Å². The number of thioether (sulfide) groups is 1. The molecule has 0 spiro atoms. The first-order valence-corrected chi connectivity index (χ1v) is 9.51. The standard InChI is InChI=1S/C19H26N4S.HI/c1-4-20-19(22-12-10-17-7-5-6-11-21-17)23-14-16-9-8-15(2)13-18(16)24-3;/h5-9,11,13H,4,10,12,14H2,1-3H3,(H2,20,22,23);1H. The summed E-state index contributed by atoms with van der Waals surface area (Å²) < 4.78 is 0. The van der Waals surface area contributed by atoms with Gasteiger partial charge in [-0.15, -0.1) is 35.7 Å². The van der Waals surface area contributed by atoms with Crippen LogP contribution in [0.15, 0.2) is 52.5 Å². The second-order valence-electron chi connectivity index (χ2n) is 5.51. The van der Waals surface area contributed by atoms with E-state index in [4.69, 9.17) is 4.99 Å². The molecule has 2 N–H and O–H groups in total. The number of pyridine rings is 1. The van der Waals surface area contributed by atoms with Gasteiger partial charge < -0.3 is 10.6 Å². The molecule has 0 saturated heterocycles. The number of rotatable bonds is 7. The third-order valence-corrected chi connectivity index (χ3v) is 4.41. The summed E-state index contributed by atoms with van der Waals surface area (Å²) in [5.74, 6) is 0.848. The zero-order valence-corrected chi connectivity index (χ0v) is 18.2. The Morgan fingerprint density at radius 2 is 2.04 bits per heavy atom. The van der Waals surface area contributed by atoms with E-state index in [1.807, 2.05) is 24.4 Å². The van der Waals surface area contributed by atoms with Crippen LogP contribution in [0, 0.1) is 6.92 Å². The van der Waals surface area contributed by atoms with Crippen molar-refractivity contribution in [3.63, 3.8) is 0 Å². The summed E-state index contributed by atoms with van der Waals surface area (Å²) in [7, 11) is 0. The number of nitrogens with zero attached hydrogens (tertiary/aromatic N) is 2. The summed E-state index contributed by atoms with van der Waals surface area (Å²) in [6, 6.07) is 12.5. The third-order valence-electron chi connectivity index (χ3n) is 3.59. The van der Waals surface area contributed by atoms with E-state index in [9.17, 15) is 0 Å². The highest BCUT2D eigenvalue weighted by molar-refractivity contribution is 14.0. The van der Waals surface area contributed by atoms with Gasteiger partial charge in [-0.3, -0.25) is 4.98 Å². The zero-order chi connectivity index (χ0) is 17.2. The van der Waals surface area contributed by atoms with Crippen molar-refractivity contribution in [1.82, 2.24) is 15.6 Å². The van der Waals surface area contributed by atoms with Crippen molar-refractivity contribution in [1.29, 1.82) is 0 Å². The summed E-state index contributed by atoms with van der Waals surface area (Å²) in [4.78, 5) is 10.4. The van der Waals surface area contributed by atoms with Gasteiger partial charge in [0.15, 0.2) is 5.96 Å². The maximum Gasteiger partial charge on any atom is 0.191 e. The van der Waals surface area contributed by atoms with E-state index < -0.39 is 0 Å². The quantitative estimate of drug-likeness (QED) is 0.278. The first kappa shape index (κ1) is 21.8. The van der Waals surface area contributed by atoms with Crippen LogP contribution in [0.2, 0.25) is 0 Å². The van der Waals surface area contributed by atoms with E-state index in [-0.39, 0.29) is 24.0 Å². The number of hydrogen-bond acceptors (Lipinski definition) is 3. The molecule has 136 valence electrons. The molecule has 0 unspecified atom stereocenters. The van der Waals surface area contributed by atoms with Crippen LogP contribution in [0.5, 0.6) is 0 Å². The number of halogens is 1. The second kappa shape index (κ2) is 12.1. The molecule has 0 aliphatic rings. The first-order chi connectivity index (χ1) is 11.7. The maximum atomic E-state index is 4.71. The first-order valence-electron chi connectivity index (χ1n) is 8.28. The Morgan fingerprint density at radius 1 is 1.20 bits per heavy atom. The van der Waals surface area contributed by atoms with Gasteiger partial charge in [-0.2, -0.15) is 0 Å².